The predicted molar refractivity (Wildman–Crippen MR) is 43.3 cm³/mol. The van der Waals surface area contributed by atoms with Crippen LogP contribution in [0.15, 0.2) is 15.9 Å². The van der Waals surface area contributed by atoms with Gasteiger partial charge in [0.1, 0.15) is 0 Å². The molecule has 0 aliphatic heterocycles. The number of hydrogen-bond donors (Lipinski definition) is 0. The highest BCUT2D eigenvalue weighted by Crippen LogP contribution is 2.26. The Balaban J connectivity index is 2.67. The first kappa shape index (κ1) is 7.75. The monoisotopic (exact) mass is 220 g/mol. The van der Waals surface area contributed by atoms with E-state index in [1.807, 2.05) is 5.38 Å². The largest absolute Gasteiger partial charge is 0.416 e. The number of thiophene rings is 1. The van der Waals surface area contributed by atoms with Crippen molar-refractivity contribution in [1.29, 1.82) is 0 Å². The lowest BCUT2D eigenvalue weighted by molar-refractivity contribution is -0.131. The molecule has 10 heavy (non-hydrogen) atoms. The van der Waals surface area contributed by atoms with E-state index >= 15 is 0 Å². The Labute approximate surface area is 70.9 Å². The molecule has 0 unspecified atom stereocenters. The van der Waals surface area contributed by atoms with E-state index in [9.17, 15) is 4.79 Å². The molecule has 0 aliphatic carbocycles. The second-order valence-corrected chi connectivity index (χ2v) is 3.47. The van der Waals surface area contributed by atoms with Gasteiger partial charge in [-0.25, -0.2) is 0 Å². The fourth-order valence-corrected chi connectivity index (χ4v) is 1.79. The van der Waals surface area contributed by atoms with Crippen molar-refractivity contribution in [2.45, 2.75) is 6.92 Å². The fourth-order valence-electron chi connectivity index (χ4n) is 0.490. The van der Waals surface area contributed by atoms with Crippen LogP contribution in [0.1, 0.15) is 6.92 Å². The molecule has 0 aliphatic rings. The number of esters is 1. The van der Waals surface area contributed by atoms with E-state index in [4.69, 9.17) is 4.74 Å². The Bertz CT molecular complexity index is 244. The van der Waals surface area contributed by atoms with Gasteiger partial charge in [-0.15, -0.1) is 11.3 Å². The van der Waals surface area contributed by atoms with E-state index in [0.29, 0.717) is 5.06 Å². The van der Waals surface area contributed by atoms with E-state index in [0.717, 1.165) is 4.47 Å². The number of ether oxygens (including phenoxy) is 1. The molecule has 2 nitrogen and oxygen atoms in total. The van der Waals surface area contributed by atoms with Crippen LogP contribution in [0.25, 0.3) is 0 Å². The van der Waals surface area contributed by atoms with Gasteiger partial charge in [-0.05, 0) is 15.9 Å². The minimum Gasteiger partial charge on any atom is -0.416 e. The average molecular weight is 221 g/mol. The molecule has 0 spiro atoms. The summed E-state index contributed by atoms with van der Waals surface area (Å²) in [5.74, 6) is -0.283. The first-order chi connectivity index (χ1) is 4.68. The maximum atomic E-state index is 10.4. The Morgan fingerprint density at radius 1 is 1.80 bits per heavy atom. The highest BCUT2D eigenvalue weighted by Gasteiger charge is 1.99. The van der Waals surface area contributed by atoms with Crippen LogP contribution in [0.5, 0.6) is 5.06 Å². The van der Waals surface area contributed by atoms with Crippen LogP contribution in [-0.4, -0.2) is 5.97 Å². The van der Waals surface area contributed by atoms with Crippen LogP contribution in [-0.2, 0) is 4.79 Å². The first-order valence-corrected chi connectivity index (χ1v) is 4.28. The van der Waals surface area contributed by atoms with Crippen molar-refractivity contribution in [1.82, 2.24) is 0 Å². The molecule has 4 heteroatoms. The van der Waals surface area contributed by atoms with E-state index in [1.54, 1.807) is 6.07 Å². The lowest BCUT2D eigenvalue weighted by Gasteiger charge is -1.92. The smallest absolute Gasteiger partial charge is 0.308 e. The molecular formula is C6H5BrO2S. The van der Waals surface area contributed by atoms with Crippen molar-refractivity contribution < 1.29 is 9.53 Å². The maximum absolute atomic E-state index is 10.4. The first-order valence-electron chi connectivity index (χ1n) is 2.61. The molecule has 0 saturated heterocycles. The molecule has 0 saturated carbocycles. The SMILES string of the molecule is CC(=O)Oc1cc(Br)cs1. The molecule has 1 aromatic heterocycles. The van der Waals surface area contributed by atoms with Crippen LogP contribution < -0.4 is 4.74 Å². The second-order valence-electron chi connectivity index (χ2n) is 1.68. The Hall–Kier alpha value is -0.350. The van der Waals surface area contributed by atoms with E-state index < -0.39 is 0 Å². The Morgan fingerprint density at radius 2 is 2.50 bits per heavy atom. The molecule has 0 radical (unpaired) electrons. The summed E-state index contributed by atoms with van der Waals surface area (Å²) in [6.07, 6.45) is 0. The summed E-state index contributed by atoms with van der Waals surface area (Å²) in [6, 6.07) is 1.76. The summed E-state index contributed by atoms with van der Waals surface area (Å²) in [6.45, 7) is 1.38. The third-order valence-electron chi connectivity index (χ3n) is 0.788. The van der Waals surface area contributed by atoms with Gasteiger partial charge in [-0.2, -0.15) is 0 Å². The van der Waals surface area contributed by atoms with Crippen LogP contribution in [0.2, 0.25) is 0 Å². The minimum absolute atomic E-state index is 0.283. The summed E-state index contributed by atoms with van der Waals surface area (Å²) in [7, 11) is 0. The van der Waals surface area contributed by atoms with Gasteiger partial charge in [-0.3, -0.25) is 4.79 Å². The number of hydrogen-bond acceptors (Lipinski definition) is 3. The van der Waals surface area contributed by atoms with E-state index in [-0.39, 0.29) is 5.97 Å². The van der Waals surface area contributed by atoms with Crippen molar-refractivity contribution >= 4 is 33.2 Å². The number of carbonyl (C=O) groups is 1. The molecule has 0 bridgehead atoms. The molecule has 0 amide bonds. The average Bonchev–Trinajstić information content (AvgIpc) is 2.13. The zero-order chi connectivity index (χ0) is 7.56. The molecular weight excluding hydrogens is 216 g/mol. The molecule has 0 fully saturated rings. The van der Waals surface area contributed by atoms with Crippen LogP contribution >= 0.6 is 27.3 Å². The van der Waals surface area contributed by atoms with Gasteiger partial charge in [0.05, 0.1) is 0 Å². The van der Waals surface area contributed by atoms with Gasteiger partial charge in [0.25, 0.3) is 0 Å². The zero-order valence-corrected chi connectivity index (χ0v) is 7.66. The lowest BCUT2D eigenvalue weighted by atomic mass is 10.6. The van der Waals surface area contributed by atoms with Crippen LogP contribution in [0, 0.1) is 0 Å². The van der Waals surface area contributed by atoms with Crippen molar-refractivity contribution in [2.24, 2.45) is 0 Å². The third kappa shape index (κ3) is 2.11. The zero-order valence-electron chi connectivity index (χ0n) is 5.26. The number of halogens is 1. The minimum atomic E-state index is -0.283. The summed E-state index contributed by atoms with van der Waals surface area (Å²) < 4.78 is 5.72. The van der Waals surface area contributed by atoms with E-state index in [1.165, 1.54) is 18.3 Å². The van der Waals surface area contributed by atoms with Crippen LogP contribution in [0.4, 0.5) is 0 Å². The normalized spacial score (nSPS) is 9.40. The maximum Gasteiger partial charge on any atom is 0.308 e. The van der Waals surface area contributed by atoms with Gasteiger partial charge in [0, 0.05) is 22.8 Å². The molecule has 54 valence electrons. The molecule has 1 heterocycles. The van der Waals surface area contributed by atoms with Gasteiger partial charge < -0.3 is 4.74 Å². The highest BCUT2D eigenvalue weighted by molar-refractivity contribution is 9.10. The topological polar surface area (TPSA) is 26.3 Å². The predicted octanol–water partition coefficient (Wildman–Crippen LogP) is 2.44. The van der Waals surface area contributed by atoms with Gasteiger partial charge in [0.2, 0.25) is 0 Å². The molecule has 1 aromatic rings. The molecule has 0 N–H and O–H groups in total. The summed E-state index contributed by atoms with van der Waals surface area (Å²) in [5, 5.41) is 2.48. The van der Waals surface area contributed by atoms with Crippen molar-refractivity contribution in [2.75, 3.05) is 0 Å². The Kier molecular flexibility index (Phi) is 2.45. The molecule has 0 atom stereocenters. The lowest BCUT2D eigenvalue weighted by Crippen LogP contribution is -1.98. The Morgan fingerprint density at radius 3 is 2.90 bits per heavy atom. The van der Waals surface area contributed by atoms with Crippen molar-refractivity contribution in [3.8, 4) is 5.06 Å². The highest BCUT2D eigenvalue weighted by atomic mass is 79.9. The third-order valence-corrected chi connectivity index (χ3v) is 2.35. The van der Waals surface area contributed by atoms with Gasteiger partial charge >= 0.3 is 5.97 Å². The standard InChI is InChI=1S/C6H5BrO2S/c1-4(8)9-6-2-5(7)3-10-6/h2-3H,1H3. The molecule has 1 rings (SSSR count). The number of rotatable bonds is 1. The second kappa shape index (κ2) is 3.16. The summed E-state index contributed by atoms with van der Waals surface area (Å²) in [4.78, 5) is 10.4. The quantitative estimate of drug-likeness (QED) is 0.680. The van der Waals surface area contributed by atoms with Gasteiger partial charge in [-0.1, -0.05) is 0 Å². The van der Waals surface area contributed by atoms with Crippen LogP contribution in [0.3, 0.4) is 0 Å². The summed E-state index contributed by atoms with van der Waals surface area (Å²) in [5.41, 5.74) is 0. The number of carbonyl (C=O) groups excluding carboxylic acids is 1. The molecule has 0 aromatic carbocycles. The fraction of sp³-hybridized carbons (Fsp3) is 0.167. The van der Waals surface area contributed by atoms with Crippen molar-refractivity contribution in [3.63, 3.8) is 0 Å². The van der Waals surface area contributed by atoms with Crippen molar-refractivity contribution in [3.05, 3.63) is 15.9 Å². The van der Waals surface area contributed by atoms with Gasteiger partial charge in [0.15, 0.2) is 5.06 Å². The summed E-state index contributed by atoms with van der Waals surface area (Å²) >= 11 is 4.63. The van der Waals surface area contributed by atoms with E-state index in [2.05, 4.69) is 15.9 Å².